The molecule has 0 spiro atoms. The molecule has 2 aromatic rings. The van der Waals surface area contributed by atoms with Crippen molar-refractivity contribution in [2.45, 2.75) is 44.6 Å². The lowest BCUT2D eigenvalue weighted by Gasteiger charge is -2.35. The van der Waals surface area contributed by atoms with Gasteiger partial charge in [0.1, 0.15) is 0 Å². The molecule has 1 fully saturated rings. The van der Waals surface area contributed by atoms with E-state index in [9.17, 15) is 14.4 Å². The molecular weight excluding hydrogens is 320 g/mol. The Morgan fingerprint density at radius 3 is 2.84 bits per heavy atom. The molecule has 1 aliphatic rings. The van der Waals surface area contributed by atoms with Crippen LogP contribution in [-0.2, 0) is 16.0 Å². The average Bonchev–Trinajstić information content (AvgIpc) is 2.60. The Morgan fingerprint density at radius 1 is 1.24 bits per heavy atom. The third kappa shape index (κ3) is 4.07. The van der Waals surface area contributed by atoms with Crippen molar-refractivity contribution in [3.63, 3.8) is 0 Å². The molecule has 132 valence electrons. The number of para-hydroxylation sites is 1. The number of carboxylic acid groups (broad SMARTS) is 1. The summed E-state index contributed by atoms with van der Waals surface area (Å²) in [4.78, 5) is 40.4. The number of likely N-dealkylation sites (tertiary alicyclic amines) is 1. The summed E-state index contributed by atoms with van der Waals surface area (Å²) in [5.41, 5.74) is 0.957. The van der Waals surface area contributed by atoms with E-state index in [0.29, 0.717) is 18.5 Å². The molecule has 3 rings (SSSR count). The molecule has 6 nitrogen and oxygen atoms in total. The summed E-state index contributed by atoms with van der Waals surface area (Å²) in [7, 11) is 0. The lowest BCUT2D eigenvalue weighted by molar-refractivity contribution is -0.139. The minimum absolute atomic E-state index is 0.0445. The zero-order valence-electron chi connectivity index (χ0n) is 14.0. The smallest absolute Gasteiger partial charge is 0.303 e. The van der Waals surface area contributed by atoms with Crippen LogP contribution in [0.2, 0.25) is 0 Å². The molecule has 0 unspecified atom stereocenters. The highest BCUT2D eigenvalue weighted by atomic mass is 16.4. The highest BCUT2D eigenvalue weighted by Gasteiger charge is 2.27. The van der Waals surface area contributed by atoms with E-state index in [1.54, 1.807) is 11.0 Å². The Bertz CT molecular complexity index is 843. The molecule has 1 saturated heterocycles. The van der Waals surface area contributed by atoms with E-state index in [-0.39, 0.29) is 30.3 Å². The van der Waals surface area contributed by atoms with Crippen LogP contribution in [0, 0.1) is 0 Å². The maximum absolute atomic E-state index is 12.7. The number of aromatic amines is 1. The Morgan fingerprint density at radius 2 is 2.04 bits per heavy atom. The number of pyridine rings is 1. The Labute approximate surface area is 145 Å². The third-order valence-electron chi connectivity index (χ3n) is 4.81. The van der Waals surface area contributed by atoms with Crippen LogP contribution in [0.5, 0.6) is 0 Å². The standard InChI is InChI=1S/C19H22N2O4/c22-17(21-10-4-3-6-15(21)8-9-18(23)24)12-14-11-13-5-1-2-7-16(13)20-19(14)25/h1-2,5,7,11,15H,3-4,6,8-10,12H2,(H,20,25)(H,23,24)/t15-/m1/s1. The van der Waals surface area contributed by atoms with Crippen LogP contribution in [0.3, 0.4) is 0 Å². The minimum atomic E-state index is -0.844. The SMILES string of the molecule is O=C(O)CC[C@H]1CCCCN1C(=O)Cc1cc2ccccc2[nH]c1=O. The van der Waals surface area contributed by atoms with Crippen LogP contribution in [0.1, 0.15) is 37.7 Å². The number of piperidine rings is 1. The van der Waals surface area contributed by atoms with Gasteiger partial charge in [0.05, 0.1) is 6.42 Å². The van der Waals surface area contributed by atoms with Crippen LogP contribution in [0.25, 0.3) is 10.9 Å². The molecule has 1 atom stereocenters. The molecule has 6 heteroatoms. The minimum Gasteiger partial charge on any atom is -0.481 e. The highest BCUT2D eigenvalue weighted by molar-refractivity contribution is 5.83. The van der Waals surface area contributed by atoms with E-state index < -0.39 is 5.97 Å². The quantitative estimate of drug-likeness (QED) is 0.872. The molecule has 0 bridgehead atoms. The second-order valence-electron chi connectivity index (χ2n) is 6.56. The number of amides is 1. The summed E-state index contributed by atoms with van der Waals surface area (Å²) < 4.78 is 0. The number of hydrogen-bond donors (Lipinski definition) is 2. The molecular formula is C19H22N2O4. The lowest BCUT2D eigenvalue weighted by Crippen LogP contribution is -2.45. The number of benzene rings is 1. The van der Waals surface area contributed by atoms with Crippen molar-refractivity contribution < 1.29 is 14.7 Å². The lowest BCUT2D eigenvalue weighted by atomic mass is 9.97. The first-order valence-corrected chi connectivity index (χ1v) is 8.67. The molecule has 0 saturated carbocycles. The molecule has 0 aliphatic carbocycles. The number of fused-ring (bicyclic) bond motifs is 1. The van der Waals surface area contributed by atoms with Gasteiger partial charge in [0.2, 0.25) is 5.91 Å². The van der Waals surface area contributed by atoms with Gasteiger partial charge in [0, 0.05) is 30.1 Å². The van der Waals surface area contributed by atoms with Crippen molar-refractivity contribution in [1.29, 1.82) is 0 Å². The zero-order chi connectivity index (χ0) is 17.8. The van der Waals surface area contributed by atoms with Crippen molar-refractivity contribution in [3.8, 4) is 0 Å². The monoisotopic (exact) mass is 342 g/mol. The first kappa shape index (κ1) is 17.2. The van der Waals surface area contributed by atoms with Crippen molar-refractivity contribution in [3.05, 3.63) is 46.2 Å². The van der Waals surface area contributed by atoms with Crippen LogP contribution >= 0.6 is 0 Å². The number of aliphatic carboxylic acids is 1. The number of carboxylic acids is 1. The van der Waals surface area contributed by atoms with E-state index in [1.165, 1.54) is 0 Å². The van der Waals surface area contributed by atoms with E-state index >= 15 is 0 Å². The molecule has 25 heavy (non-hydrogen) atoms. The molecule has 1 aromatic carbocycles. The molecule has 1 amide bonds. The van der Waals surface area contributed by atoms with Crippen LogP contribution in [0.15, 0.2) is 35.1 Å². The van der Waals surface area contributed by atoms with Gasteiger partial charge in [-0.25, -0.2) is 0 Å². The number of hydrogen-bond acceptors (Lipinski definition) is 3. The Balaban J connectivity index is 1.77. The van der Waals surface area contributed by atoms with Crippen molar-refractivity contribution in [2.24, 2.45) is 0 Å². The fourth-order valence-electron chi connectivity index (χ4n) is 3.51. The normalized spacial score (nSPS) is 17.6. The van der Waals surface area contributed by atoms with E-state index in [1.807, 2.05) is 24.3 Å². The Hall–Kier alpha value is -2.63. The van der Waals surface area contributed by atoms with Gasteiger partial charge in [0.25, 0.3) is 5.56 Å². The first-order chi connectivity index (χ1) is 12.0. The fourth-order valence-corrected chi connectivity index (χ4v) is 3.51. The second-order valence-corrected chi connectivity index (χ2v) is 6.56. The van der Waals surface area contributed by atoms with Crippen molar-refractivity contribution >= 4 is 22.8 Å². The summed E-state index contributed by atoms with van der Waals surface area (Å²) in [6, 6.07) is 9.19. The van der Waals surface area contributed by atoms with Crippen LogP contribution in [-0.4, -0.2) is 39.5 Å². The number of H-pyrrole nitrogens is 1. The summed E-state index contributed by atoms with van der Waals surface area (Å²) >= 11 is 0. The molecule has 0 radical (unpaired) electrons. The maximum atomic E-state index is 12.7. The number of rotatable bonds is 5. The topological polar surface area (TPSA) is 90.5 Å². The summed E-state index contributed by atoms with van der Waals surface area (Å²) in [6.07, 6.45) is 3.32. The van der Waals surface area contributed by atoms with Gasteiger partial charge in [-0.05, 0) is 43.2 Å². The highest BCUT2D eigenvalue weighted by Crippen LogP contribution is 2.22. The van der Waals surface area contributed by atoms with Gasteiger partial charge in [-0.3, -0.25) is 14.4 Å². The van der Waals surface area contributed by atoms with Crippen LogP contribution in [0.4, 0.5) is 0 Å². The predicted octanol–water partition coefficient (Wildman–Crippen LogP) is 2.32. The molecule has 1 aromatic heterocycles. The maximum Gasteiger partial charge on any atom is 0.303 e. The second kappa shape index (κ2) is 7.51. The number of nitrogens with one attached hydrogen (secondary N) is 1. The van der Waals surface area contributed by atoms with Gasteiger partial charge in [0.15, 0.2) is 0 Å². The molecule has 2 heterocycles. The number of carbonyl (C=O) groups excluding carboxylic acids is 1. The average molecular weight is 342 g/mol. The summed E-state index contributed by atoms with van der Waals surface area (Å²) in [6.45, 7) is 0.634. The number of nitrogens with zero attached hydrogens (tertiary/aromatic N) is 1. The largest absolute Gasteiger partial charge is 0.481 e. The predicted molar refractivity (Wildman–Crippen MR) is 94.5 cm³/mol. The number of aromatic nitrogens is 1. The summed E-state index contributed by atoms with van der Waals surface area (Å²) in [5, 5.41) is 9.79. The van der Waals surface area contributed by atoms with E-state index in [2.05, 4.69) is 4.98 Å². The number of carbonyl (C=O) groups is 2. The van der Waals surface area contributed by atoms with Gasteiger partial charge in [-0.1, -0.05) is 18.2 Å². The van der Waals surface area contributed by atoms with E-state index in [4.69, 9.17) is 5.11 Å². The Kier molecular flexibility index (Phi) is 5.16. The third-order valence-corrected chi connectivity index (χ3v) is 4.81. The van der Waals surface area contributed by atoms with E-state index in [0.717, 1.165) is 30.2 Å². The van der Waals surface area contributed by atoms with Crippen molar-refractivity contribution in [1.82, 2.24) is 9.88 Å². The zero-order valence-corrected chi connectivity index (χ0v) is 14.0. The molecule has 2 N–H and O–H groups in total. The van der Waals surface area contributed by atoms with Gasteiger partial charge < -0.3 is 15.0 Å². The summed E-state index contributed by atoms with van der Waals surface area (Å²) in [5.74, 6) is -0.945. The van der Waals surface area contributed by atoms with Crippen LogP contribution < -0.4 is 5.56 Å². The molecule has 1 aliphatic heterocycles. The van der Waals surface area contributed by atoms with Gasteiger partial charge in [-0.15, -0.1) is 0 Å². The van der Waals surface area contributed by atoms with Gasteiger partial charge in [-0.2, -0.15) is 0 Å². The first-order valence-electron chi connectivity index (χ1n) is 8.67. The fraction of sp³-hybridized carbons (Fsp3) is 0.421. The van der Waals surface area contributed by atoms with Gasteiger partial charge >= 0.3 is 5.97 Å². The van der Waals surface area contributed by atoms with Crippen molar-refractivity contribution in [2.75, 3.05) is 6.54 Å².